The van der Waals surface area contributed by atoms with E-state index in [1.54, 1.807) is 11.8 Å². The van der Waals surface area contributed by atoms with Crippen molar-refractivity contribution in [1.82, 2.24) is 0 Å². The van der Waals surface area contributed by atoms with Gasteiger partial charge in [0.05, 0.1) is 0 Å². The summed E-state index contributed by atoms with van der Waals surface area (Å²) in [7, 11) is 0. The molecule has 3 heteroatoms. The summed E-state index contributed by atoms with van der Waals surface area (Å²) in [5.41, 5.74) is 8.03. The zero-order chi connectivity index (χ0) is 11.5. The van der Waals surface area contributed by atoms with Crippen molar-refractivity contribution < 1.29 is 0 Å². The Morgan fingerprint density at radius 1 is 1.06 bits per heavy atom. The minimum Gasteiger partial charge on any atom is -0.398 e. The molecule has 0 aliphatic carbocycles. The average molecular weight is 294 g/mol. The molecule has 0 heterocycles. The summed E-state index contributed by atoms with van der Waals surface area (Å²) in [6, 6.07) is 14.2. The molecule has 0 unspecified atom stereocenters. The molecule has 2 aromatic rings. The van der Waals surface area contributed by atoms with E-state index in [1.165, 1.54) is 10.5 Å². The minimum atomic E-state index is 0.816. The molecule has 2 N–H and O–H groups in total. The largest absolute Gasteiger partial charge is 0.398 e. The van der Waals surface area contributed by atoms with Crippen LogP contribution in [0.15, 0.2) is 56.7 Å². The molecule has 0 aliphatic heterocycles. The van der Waals surface area contributed by atoms with Gasteiger partial charge in [-0.25, -0.2) is 0 Å². The van der Waals surface area contributed by atoms with Gasteiger partial charge < -0.3 is 5.73 Å². The molecule has 0 spiro atoms. The van der Waals surface area contributed by atoms with E-state index in [0.29, 0.717) is 0 Å². The van der Waals surface area contributed by atoms with E-state index in [9.17, 15) is 0 Å². The summed E-state index contributed by atoms with van der Waals surface area (Å²) >= 11 is 5.16. The zero-order valence-electron chi connectivity index (χ0n) is 8.91. The van der Waals surface area contributed by atoms with E-state index >= 15 is 0 Å². The van der Waals surface area contributed by atoms with Gasteiger partial charge in [-0.3, -0.25) is 0 Å². The third-order valence-corrected chi connectivity index (χ3v) is 4.03. The number of aryl methyl sites for hydroxylation is 1. The van der Waals surface area contributed by atoms with Crippen molar-refractivity contribution in [1.29, 1.82) is 0 Å². The third kappa shape index (κ3) is 2.60. The van der Waals surface area contributed by atoms with Crippen LogP contribution in [0.4, 0.5) is 5.69 Å². The lowest BCUT2D eigenvalue weighted by Gasteiger charge is -2.08. The van der Waals surface area contributed by atoms with Crippen molar-refractivity contribution >= 4 is 33.4 Å². The number of benzene rings is 2. The van der Waals surface area contributed by atoms with E-state index in [0.717, 1.165) is 15.1 Å². The van der Waals surface area contributed by atoms with Crippen molar-refractivity contribution in [3.05, 3.63) is 52.5 Å². The summed E-state index contributed by atoms with van der Waals surface area (Å²) in [4.78, 5) is 2.33. The first-order valence-corrected chi connectivity index (χ1v) is 6.56. The van der Waals surface area contributed by atoms with Crippen LogP contribution in [0.5, 0.6) is 0 Å². The Balaban J connectivity index is 2.34. The lowest BCUT2D eigenvalue weighted by Crippen LogP contribution is -1.88. The van der Waals surface area contributed by atoms with Crippen molar-refractivity contribution in [3.8, 4) is 0 Å². The molecule has 0 amide bonds. The van der Waals surface area contributed by atoms with Crippen molar-refractivity contribution in [2.24, 2.45) is 0 Å². The molecule has 0 aliphatic rings. The Labute approximate surface area is 108 Å². The zero-order valence-corrected chi connectivity index (χ0v) is 11.3. The summed E-state index contributed by atoms with van der Waals surface area (Å²) in [6.07, 6.45) is 0. The Kier molecular flexibility index (Phi) is 3.56. The van der Waals surface area contributed by atoms with E-state index < -0.39 is 0 Å². The molecule has 0 saturated heterocycles. The van der Waals surface area contributed by atoms with Gasteiger partial charge in [0, 0.05) is 20.0 Å². The molecular formula is C13H12BrNS. The van der Waals surface area contributed by atoms with Crippen LogP contribution in [0.3, 0.4) is 0 Å². The van der Waals surface area contributed by atoms with E-state index in [1.807, 2.05) is 30.3 Å². The molecule has 0 aromatic heterocycles. The van der Waals surface area contributed by atoms with Gasteiger partial charge in [0.1, 0.15) is 0 Å². The van der Waals surface area contributed by atoms with Crippen molar-refractivity contribution in [3.63, 3.8) is 0 Å². The Bertz CT molecular complexity index is 511. The highest BCUT2D eigenvalue weighted by Crippen LogP contribution is 2.35. The number of hydrogen-bond acceptors (Lipinski definition) is 2. The summed E-state index contributed by atoms with van der Waals surface area (Å²) in [5, 5.41) is 0. The van der Waals surface area contributed by atoms with Gasteiger partial charge in [0.15, 0.2) is 0 Å². The van der Waals surface area contributed by atoms with Crippen LogP contribution >= 0.6 is 27.7 Å². The van der Waals surface area contributed by atoms with Crippen LogP contribution in [0.1, 0.15) is 5.56 Å². The molecule has 0 saturated carbocycles. The molecule has 2 rings (SSSR count). The van der Waals surface area contributed by atoms with Gasteiger partial charge in [-0.05, 0) is 36.8 Å². The number of hydrogen-bond donors (Lipinski definition) is 1. The summed E-state index contributed by atoms with van der Waals surface area (Å²) in [6.45, 7) is 2.11. The second-order valence-electron chi connectivity index (χ2n) is 3.55. The van der Waals surface area contributed by atoms with Gasteiger partial charge in [0.2, 0.25) is 0 Å². The predicted octanol–water partition coefficient (Wildman–Crippen LogP) is 4.49. The second kappa shape index (κ2) is 4.93. The van der Waals surface area contributed by atoms with Crippen LogP contribution in [0.25, 0.3) is 0 Å². The molecule has 16 heavy (non-hydrogen) atoms. The fourth-order valence-corrected chi connectivity index (χ4v) is 2.88. The number of anilines is 1. The smallest absolute Gasteiger partial charge is 0.0456 e. The lowest BCUT2D eigenvalue weighted by atomic mass is 10.2. The van der Waals surface area contributed by atoms with Crippen molar-refractivity contribution in [2.75, 3.05) is 5.73 Å². The van der Waals surface area contributed by atoms with Gasteiger partial charge in [0.25, 0.3) is 0 Å². The summed E-state index contributed by atoms with van der Waals surface area (Å²) < 4.78 is 1.05. The predicted molar refractivity (Wildman–Crippen MR) is 73.9 cm³/mol. The second-order valence-corrected chi connectivity index (χ2v) is 5.55. The number of nitrogen functional groups attached to an aromatic ring is 1. The average Bonchev–Trinajstić information content (AvgIpc) is 2.27. The highest BCUT2D eigenvalue weighted by molar-refractivity contribution is 9.10. The van der Waals surface area contributed by atoms with Gasteiger partial charge in [-0.2, -0.15) is 0 Å². The summed E-state index contributed by atoms with van der Waals surface area (Å²) in [5.74, 6) is 0. The van der Waals surface area contributed by atoms with E-state index in [2.05, 4.69) is 35.0 Å². The standard InChI is InChI=1S/C13H12BrNS/c1-9-4-2-3-5-12(9)16-13-8-10(14)6-7-11(13)15/h2-8H,15H2,1H3. The van der Waals surface area contributed by atoms with Gasteiger partial charge in [-0.15, -0.1) is 0 Å². The van der Waals surface area contributed by atoms with Crippen LogP contribution in [-0.2, 0) is 0 Å². The fourth-order valence-electron chi connectivity index (χ4n) is 1.39. The quantitative estimate of drug-likeness (QED) is 0.826. The van der Waals surface area contributed by atoms with Crippen molar-refractivity contribution in [2.45, 2.75) is 16.7 Å². The molecule has 0 bridgehead atoms. The highest BCUT2D eigenvalue weighted by Gasteiger charge is 2.04. The molecule has 2 aromatic carbocycles. The van der Waals surface area contributed by atoms with Crippen LogP contribution in [0.2, 0.25) is 0 Å². The monoisotopic (exact) mass is 293 g/mol. The maximum atomic E-state index is 5.95. The molecule has 0 fully saturated rings. The first-order chi connectivity index (χ1) is 7.66. The molecular weight excluding hydrogens is 282 g/mol. The molecule has 0 radical (unpaired) electrons. The van der Waals surface area contributed by atoms with E-state index in [-0.39, 0.29) is 0 Å². The highest BCUT2D eigenvalue weighted by atomic mass is 79.9. The van der Waals surface area contributed by atoms with Gasteiger partial charge >= 0.3 is 0 Å². The molecule has 1 nitrogen and oxygen atoms in total. The van der Waals surface area contributed by atoms with Crippen LogP contribution in [-0.4, -0.2) is 0 Å². The maximum absolute atomic E-state index is 5.95. The third-order valence-electron chi connectivity index (χ3n) is 2.29. The normalized spacial score (nSPS) is 10.4. The van der Waals surface area contributed by atoms with Crippen LogP contribution < -0.4 is 5.73 Å². The minimum absolute atomic E-state index is 0.816. The topological polar surface area (TPSA) is 26.0 Å². The number of rotatable bonds is 2. The van der Waals surface area contributed by atoms with Gasteiger partial charge in [-0.1, -0.05) is 45.9 Å². The lowest BCUT2D eigenvalue weighted by molar-refractivity contribution is 1.29. The number of nitrogens with two attached hydrogens (primary N) is 1. The first-order valence-electron chi connectivity index (χ1n) is 4.95. The first kappa shape index (κ1) is 11.6. The maximum Gasteiger partial charge on any atom is 0.0456 e. The van der Waals surface area contributed by atoms with E-state index in [4.69, 9.17) is 5.73 Å². The Morgan fingerprint density at radius 3 is 2.56 bits per heavy atom. The Hall–Kier alpha value is -0.930. The Morgan fingerprint density at radius 2 is 1.81 bits per heavy atom. The fraction of sp³-hybridized carbons (Fsp3) is 0.0769. The van der Waals surface area contributed by atoms with Crippen LogP contribution in [0, 0.1) is 6.92 Å². The SMILES string of the molecule is Cc1ccccc1Sc1cc(Br)ccc1N. The molecule has 0 atom stereocenters. The molecule has 82 valence electrons. The number of halogens is 1.